The average molecular weight is 273 g/mol. The van der Waals surface area contributed by atoms with Crippen LogP contribution in [0.3, 0.4) is 0 Å². The Hall–Kier alpha value is -1.44. The van der Waals surface area contributed by atoms with E-state index in [0.29, 0.717) is 15.6 Å². The Morgan fingerprint density at radius 2 is 1.83 bits per heavy atom. The normalized spacial score (nSPS) is 11.8. The van der Waals surface area contributed by atoms with Crippen LogP contribution in [0.25, 0.3) is 0 Å². The van der Waals surface area contributed by atoms with E-state index >= 15 is 0 Å². The number of nitrogens with zero attached hydrogens (tertiary/aromatic N) is 1. The summed E-state index contributed by atoms with van der Waals surface area (Å²) in [5.74, 6) is -1.16. The van der Waals surface area contributed by atoms with E-state index in [1.165, 1.54) is 20.2 Å². The Balaban J connectivity index is 3.52. The zero-order valence-corrected chi connectivity index (χ0v) is 11.4. The SMILES string of the molecule is CON(C)S(=O)(=O)c1cc(C(=O)O)c(C)cc1C. The van der Waals surface area contributed by atoms with Gasteiger partial charge in [0.25, 0.3) is 10.0 Å². The summed E-state index contributed by atoms with van der Waals surface area (Å²) in [6.07, 6.45) is 0. The minimum atomic E-state index is -3.84. The van der Waals surface area contributed by atoms with E-state index in [4.69, 9.17) is 5.11 Å². The predicted molar refractivity (Wildman–Crippen MR) is 64.8 cm³/mol. The number of aromatic carboxylic acids is 1. The van der Waals surface area contributed by atoms with Gasteiger partial charge in [0.1, 0.15) is 0 Å². The summed E-state index contributed by atoms with van der Waals surface area (Å²) in [5, 5.41) is 9.00. The average Bonchev–Trinajstić information content (AvgIpc) is 2.26. The molecule has 0 spiro atoms. The summed E-state index contributed by atoms with van der Waals surface area (Å²) in [4.78, 5) is 15.6. The fraction of sp³-hybridized carbons (Fsp3) is 0.364. The van der Waals surface area contributed by atoms with Crippen molar-refractivity contribution in [3.8, 4) is 0 Å². The van der Waals surface area contributed by atoms with Gasteiger partial charge in [0, 0.05) is 7.05 Å². The Morgan fingerprint density at radius 3 is 2.28 bits per heavy atom. The maximum absolute atomic E-state index is 12.1. The van der Waals surface area contributed by atoms with Crippen molar-refractivity contribution in [1.29, 1.82) is 0 Å². The molecule has 0 aliphatic rings. The molecule has 1 rings (SSSR count). The van der Waals surface area contributed by atoms with Crippen molar-refractivity contribution in [2.24, 2.45) is 0 Å². The van der Waals surface area contributed by atoms with E-state index < -0.39 is 16.0 Å². The van der Waals surface area contributed by atoms with Crippen molar-refractivity contribution >= 4 is 16.0 Å². The summed E-state index contributed by atoms with van der Waals surface area (Å²) >= 11 is 0. The molecule has 0 aliphatic heterocycles. The number of hydrogen-bond acceptors (Lipinski definition) is 4. The Labute approximate surface area is 106 Å². The monoisotopic (exact) mass is 273 g/mol. The molecule has 0 saturated carbocycles. The maximum atomic E-state index is 12.1. The number of hydrogen-bond donors (Lipinski definition) is 1. The fourth-order valence-electron chi connectivity index (χ4n) is 1.58. The highest BCUT2D eigenvalue weighted by Crippen LogP contribution is 2.23. The van der Waals surface area contributed by atoms with Gasteiger partial charge in [-0.1, -0.05) is 10.5 Å². The van der Waals surface area contributed by atoms with Crippen LogP contribution < -0.4 is 0 Å². The molecule has 0 bridgehead atoms. The van der Waals surface area contributed by atoms with Gasteiger partial charge >= 0.3 is 5.97 Å². The molecule has 18 heavy (non-hydrogen) atoms. The van der Waals surface area contributed by atoms with E-state index in [-0.39, 0.29) is 10.5 Å². The predicted octanol–water partition coefficient (Wildman–Crippen LogP) is 1.18. The molecule has 0 aliphatic carbocycles. The fourth-order valence-corrected chi connectivity index (χ4v) is 2.78. The van der Waals surface area contributed by atoms with E-state index in [2.05, 4.69) is 4.84 Å². The number of carboxylic acid groups (broad SMARTS) is 1. The quantitative estimate of drug-likeness (QED) is 0.833. The van der Waals surface area contributed by atoms with E-state index in [0.717, 1.165) is 6.07 Å². The highest BCUT2D eigenvalue weighted by molar-refractivity contribution is 7.89. The molecule has 100 valence electrons. The zero-order chi connectivity index (χ0) is 14.1. The van der Waals surface area contributed by atoms with Crippen LogP contribution in [0, 0.1) is 13.8 Å². The highest BCUT2D eigenvalue weighted by atomic mass is 32.2. The molecule has 0 saturated heterocycles. The number of rotatable bonds is 4. The van der Waals surface area contributed by atoms with Gasteiger partial charge in [-0.2, -0.15) is 0 Å². The van der Waals surface area contributed by atoms with Crippen molar-refractivity contribution in [2.45, 2.75) is 18.7 Å². The molecule has 1 aromatic rings. The molecule has 0 heterocycles. The second kappa shape index (κ2) is 5.05. The van der Waals surface area contributed by atoms with Gasteiger partial charge in [0.2, 0.25) is 0 Å². The Morgan fingerprint density at radius 1 is 1.28 bits per heavy atom. The molecular formula is C11H15NO5S. The van der Waals surface area contributed by atoms with Crippen molar-refractivity contribution in [3.63, 3.8) is 0 Å². The van der Waals surface area contributed by atoms with E-state index in [1.807, 2.05) is 0 Å². The van der Waals surface area contributed by atoms with Crippen molar-refractivity contribution in [3.05, 3.63) is 28.8 Å². The lowest BCUT2D eigenvalue weighted by atomic mass is 10.1. The molecule has 7 heteroatoms. The molecule has 1 aromatic carbocycles. The first-order valence-corrected chi connectivity index (χ1v) is 6.53. The Bertz CT molecular complexity index is 579. The number of benzene rings is 1. The van der Waals surface area contributed by atoms with Crippen LogP contribution in [0.5, 0.6) is 0 Å². The van der Waals surface area contributed by atoms with Crippen LogP contribution in [0.15, 0.2) is 17.0 Å². The second-order valence-corrected chi connectivity index (χ2v) is 5.74. The molecule has 6 nitrogen and oxygen atoms in total. The van der Waals surface area contributed by atoms with Crippen LogP contribution >= 0.6 is 0 Å². The number of carbonyl (C=O) groups is 1. The molecule has 0 radical (unpaired) electrons. The molecule has 0 fully saturated rings. The molecule has 0 unspecified atom stereocenters. The van der Waals surface area contributed by atoms with Gasteiger partial charge < -0.3 is 5.11 Å². The largest absolute Gasteiger partial charge is 0.478 e. The second-order valence-electron chi connectivity index (χ2n) is 3.84. The smallest absolute Gasteiger partial charge is 0.335 e. The van der Waals surface area contributed by atoms with Gasteiger partial charge in [0.15, 0.2) is 0 Å². The van der Waals surface area contributed by atoms with Crippen molar-refractivity contribution < 1.29 is 23.2 Å². The summed E-state index contributed by atoms with van der Waals surface area (Å²) in [6, 6.07) is 2.68. The van der Waals surface area contributed by atoms with Crippen LogP contribution in [-0.2, 0) is 14.9 Å². The maximum Gasteiger partial charge on any atom is 0.335 e. The van der Waals surface area contributed by atoms with Crippen LogP contribution in [-0.4, -0.2) is 38.1 Å². The van der Waals surface area contributed by atoms with Gasteiger partial charge in [-0.05, 0) is 31.0 Å². The first-order valence-electron chi connectivity index (χ1n) is 5.09. The third kappa shape index (κ3) is 2.53. The lowest BCUT2D eigenvalue weighted by molar-refractivity contribution is -0.0259. The summed E-state index contributed by atoms with van der Waals surface area (Å²) < 4.78 is 24.8. The number of hydroxylamine groups is 1. The van der Waals surface area contributed by atoms with Crippen LogP contribution in [0.2, 0.25) is 0 Å². The topological polar surface area (TPSA) is 83.9 Å². The molecule has 0 amide bonds. The first kappa shape index (κ1) is 14.6. The zero-order valence-electron chi connectivity index (χ0n) is 10.6. The molecule has 0 aromatic heterocycles. The number of carboxylic acids is 1. The minimum absolute atomic E-state index is 0.0383. The summed E-state index contributed by atoms with van der Waals surface area (Å²) in [7, 11) is -1.38. The number of aryl methyl sites for hydroxylation is 2. The van der Waals surface area contributed by atoms with Gasteiger partial charge in [-0.15, -0.1) is 0 Å². The highest BCUT2D eigenvalue weighted by Gasteiger charge is 2.25. The molecule has 0 atom stereocenters. The molecule has 1 N–H and O–H groups in total. The summed E-state index contributed by atoms with van der Waals surface area (Å²) in [6.45, 7) is 3.22. The van der Waals surface area contributed by atoms with Crippen LogP contribution in [0.4, 0.5) is 0 Å². The first-order chi connectivity index (χ1) is 8.21. The number of sulfonamides is 1. The third-order valence-electron chi connectivity index (χ3n) is 2.63. The van der Waals surface area contributed by atoms with Crippen molar-refractivity contribution in [1.82, 2.24) is 4.47 Å². The van der Waals surface area contributed by atoms with Gasteiger partial charge in [-0.25, -0.2) is 13.2 Å². The minimum Gasteiger partial charge on any atom is -0.478 e. The van der Waals surface area contributed by atoms with Crippen LogP contribution in [0.1, 0.15) is 21.5 Å². The standard InChI is InChI=1S/C11H15NO5S/c1-7-5-8(2)10(6-9(7)11(13)14)18(15,16)12(3)17-4/h5-6H,1-4H3,(H,13,14). The van der Waals surface area contributed by atoms with E-state index in [9.17, 15) is 13.2 Å². The molecular weight excluding hydrogens is 258 g/mol. The van der Waals surface area contributed by atoms with Gasteiger partial charge in [-0.3, -0.25) is 4.84 Å². The van der Waals surface area contributed by atoms with Crippen molar-refractivity contribution in [2.75, 3.05) is 14.2 Å². The third-order valence-corrected chi connectivity index (χ3v) is 4.45. The van der Waals surface area contributed by atoms with Gasteiger partial charge in [0.05, 0.1) is 17.6 Å². The summed E-state index contributed by atoms with van der Waals surface area (Å²) in [5.41, 5.74) is 0.948. The lowest BCUT2D eigenvalue weighted by Crippen LogP contribution is -2.26. The Kier molecular flexibility index (Phi) is 4.10. The van der Waals surface area contributed by atoms with E-state index in [1.54, 1.807) is 13.8 Å². The lowest BCUT2D eigenvalue weighted by Gasteiger charge is -2.17.